The van der Waals surface area contributed by atoms with Crippen molar-refractivity contribution in [2.24, 2.45) is 0 Å². The van der Waals surface area contributed by atoms with Crippen LogP contribution in [0.1, 0.15) is 24.1 Å². The fraction of sp³-hybridized carbons (Fsp3) is 0.158. The molecular weight excluding hydrogens is 304 g/mol. The van der Waals surface area contributed by atoms with Gasteiger partial charge in [0.25, 0.3) is 0 Å². The first kappa shape index (κ1) is 15.4. The third-order valence-electron chi connectivity index (χ3n) is 3.71. The molecule has 0 fully saturated rings. The maximum atomic E-state index is 12.3. The summed E-state index contributed by atoms with van der Waals surface area (Å²) in [5, 5.41) is 5.94. The molecule has 3 rings (SSSR count). The quantitative estimate of drug-likeness (QED) is 0.764. The lowest BCUT2D eigenvalue weighted by Crippen LogP contribution is -2.27. The Balaban J connectivity index is 1.61. The average Bonchev–Trinajstić information content (AvgIpc) is 3.09. The van der Waals surface area contributed by atoms with Gasteiger partial charge in [0.2, 0.25) is 5.91 Å². The van der Waals surface area contributed by atoms with Gasteiger partial charge in [0.1, 0.15) is 5.01 Å². The predicted octanol–water partition coefficient (Wildman–Crippen LogP) is 4.23. The van der Waals surface area contributed by atoms with Gasteiger partial charge >= 0.3 is 0 Å². The highest BCUT2D eigenvalue weighted by Crippen LogP contribution is 2.23. The molecule has 3 nitrogen and oxygen atoms in total. The van der Waals surface area contributed by atoms with Gasteiger partial charge in [0, 0.05) is 10.9 Å². The van der Waals surface area contributed by atoms with E-state index in [0.29, 0.717) is 6.54 Å². The summed E-state index contributed by atoms with van der Waals surface area (Å²) < 4.78 is 0. The van der Waals surface area contributed by atoms with Crippen molar-refractivity contribution in [1.82, 2.24) is 10.3 Å². The van der Waals surface area contributed by atoms with E-state index in [4.69, 9.17) is 0 Å². The summed E-state index contributed by atoms with van der Waals surface area (Å²) in [5.41, 5.74) is 3.02. The maximum absolute atomic E-state index is 12.3. The molecule has 0 saturated heterocycles. The zero-order valence-electron chi connectivity index (χ0n) is 12.9. The molecule has 0 saturated carbocycles. The molecule has 1 amide bonds. The smallest absolute Gasteiger partial charge is 0.227 e. The number of hydrogen-bond donors (Lipinski definition) is 1. The van der Waals surface area contributed by atoms with Gasteiger partial charge in [-0.25, -0.2) is 4.98 Å². The van der Waals surface area contributed by atoms with E-state index in [1.54, 1.807) is 11.3 Å². The molecule has 3 aromatic rings. The van der Waals surface area contributed by atoms with E-state index < -0.39 is 0 Å². The summed E-state index contributed by atoms with van der Waals surface area (Å²) in [4.78, 5) is 16.8. The SMILES string of the molecule is CC(C(=O)NCc1csc(-c2ccccc2)n1)c1ccccc1. The second-order valence-electron chi connectivity index (χ2n) is 5.36. The van der Waals surface area contributed by atoms with Crippen LogP contribution in [0.5, 0.6) is 0 Å². The van der Waals surface area contributed by atoms with Gasteiger partial charge in [-0.1, -0.05) is 60.7 Å². The Bertz CT molecular complexity index is 768. The van der Waals surface area contributed by atoms with Gasteiger partial charge in [0.15, 0.2) is 0 Å². The third kappa shape index (κ3) is 3.85. The Kier molecular flexibility index (Phi) is 4.83. The van der Waals surface area contributed by atoms with Crippen molar-refractivity contribution < 1.29 is 4.79 Å². The van der Waals surface area contributed by atoms with Crippen LogP contribution in [-0.4, -0.2) is 10.9 Å². The van der Waals surface area contributed by atoms with E-state index in [1.165, 1.54) is 0 Å². The van der Waals surface area contributed by atoms with E-state index in [2.05, 4.69) is 10.3 Å². The molecule has 0 aliphatic rings. The van der Waals surface area contributed by atoms with Crippen LogP contribution in [0, 0.1) is 0 Å². The Morgan fingerprint density at radius 2 is 1.74 bits per heavy atom. The average molecular weight is 322 g/mol. The standard InChI is InChI=1S/C19H18N2OS/c1-14(15-8-4-2-5-9-15)18(22)20-12-17-13-23-19(21-17)16-10-6-3-7-11-16/h2-11,13-14H,12H2,1H3,(H,20,22). The number of carbonyl (C=O) groups excluding carboxylic acids is 1. The van der Waals surface area contributed by atoms with Crippen molar-refractivity contribution in [2.45, 2.75) is 19.4 Å². The Labute approximate surface area is 140 Å². The molecular formula is C19H18N2OS. The molecule has 116 valence electrons. The molecule has 0 bridgehead atoms. The highest BCUT2D eigenvalue weighted by molar-refractivity contribution is 7.13. The molecule has 4 heteroatoms. The molecule has 0 spiro atoms. The summed E-state index contributed by atoms with van der Waals surface area (Å²) in [6.07, 6.45) is 0. The van der Waals surface area contributed by atoms with Crippen LogP contribution in [0.4, 0.5) is 0 Å². The molecule has 23 heavy (non-hydrogen) atoms. The maximum Gasteiger partial charge on any atom is 0.227 e. The summed E-state index contributed by atoms with van der Waals surface area (Å²) in [6, 6.07) is 19.9. The predicted molar refractivity (Wildman–Crippen MR) is 94.3 cm³/mol. The van der Waals surface area contributed by atoms with Crippen LogP contribution in [0.3, 0.4) is 0 Å². The molecule has 1 aromatic heterocycles. The zero-order chi connectivity index (χ0) is 16.1. The number of thiazole rings is 1. The number of nitrogens with zero attached hydrogens (tertiary/aromatic N) is 1. The molecule has 1 unspecified atom stereocenters. The van der Waals surface area contributed by atoms with Crippen LogP contribution in [-0.2, 0) is 11.3 Å². The van der Waals surface area contributed by atoms with Crippen LogP contribution < -0.4 is 5.32 Å². The first-order chi connectivity index (χ1) is 11.2. The van der Waals surface area contributed by atoms with Crippen LogP contribution in [0.2, 0.25) is 0 Å². The lowest BCUT2D eigenvalue weighted by molar-refractivity contribution is -0.122. The summed E-state index contributed by atoms with van der Waals surface area (Å²) in [7, 11) is 0. The Morgan fingerprint density at radius 3 is 2.43 bits per heavy atom. The van der Waals surface area contributed by atoms with Crippen molar-refractivity contribution >= 4 is 17.2 Å². The number of benzene rings is 2. The fourth-order valence-electron chi connectivity index (χ4n) is 2.33. The highest BCUT2D eigenvalue weighted by atomic mass is 32.1. The van der Waals surface area contributed by atoms with Gasteiger partial charge in [0.05, 0.1) is 18.2 Å². The summed E-state index contributed by atoms with van der Waals surface area (Å²) in [5.74, 6) is -0.145. The summed E-state index contributed by atoms with van der Waals surface area (Å²) in [6.45, 7) is 2.38. The van der Waals surface area contributed by atoms with Gasteiger partial charge < -0.3 is 5.32 Å². The Morgan fingerprint density at radius 1 is 1.09 bits per heavy atom. The van der Waals surface area contributed by atoms with Crippen molar-refractivity contribution in [2.75, 3.05) is 0 Å². The van der Waals surface area contributed by atoms with E-state index in [-0.39, 0.29) is 11.8 Å². The second-order valence-corrected chi connectivity index (χ2v) is 6.22. The number of carbonyl (C=O) groups is 1. The molecule has 1 atom stereocenters. The minimum absolute atomic E-state index is 0.0189. The fourth-order valence-corrected chi connectivity index (χ4v) is 3.15. The third-order valence-corrected chi connectivity index (χ3v) is 4.65. The van der Waals surface area contributed by atoms with Crippen molar-refractivity contribution in [3.63, 3.8) is 0 Å². The topological polar surface area (TPSA) is 42.0 Å². The number of nitrogens with one attached hydrogen (secondary N) is 1. The second kappa shape index (κ2) is 7.20. The number of hydrogen-bond acceptors (Lipinski definition) is 3. The zero-order valence-corrected chi connectivity index (χ0v) is 13.7. The molecule has 0 aliphatic heterocycles. The van der Waals surface area contributed by atoms with Gasteiger partial charge in [-0.05, 0) is 12.5 Å². The summed E-state index contributed by atoms with van der Waals surface area (Å²) >= 11 is 1.60. The molecule has 0 radical (unpaired) electrons. The monoisotopic (exact) mass is 322 g/mol. The van der Waals surface area contributed by atoms with Crippen molar-refractivity contribution in [3.8, 4) is 10.6 Å². The van der Waals surface area contributed by atoms with Crippen LogP contribution in [0.15, 0.2) is 66.0 Å². The molecule has 2 aromatic carbocycles. The lowest BCUT2D eigenvalue weighted by Gasteiger charge is -2.11. The van der Waals surface area contributed by atoms with Gasteiger partial charge in [-0.2, -0.15) is 0 Å². The highest BCUT2D eigenvalue weighted by Gasteiger charge is 2.15. The van der Waals surface area contributed by atoms with E-state index >= 15 is 0 Å². The number of amides is 1. The largest absolute Gasteiger partial charge is 0.350 e. The number of rotatable bonds is 5. The minimum atomic E-state index is -0.163. The lowest BCUT2D eigenvalue weighted by atomic mass is 10.0. The minimum Gasteiger partial charge on any atom is -0.350 e. The van der Waals surface area contributed by atoms with Gasteiger partial charge in [-0.15, -0.1) is 11.3 Å². The first-order valence-electron chi connectivity index (χ1n) is 7.56. The van der Waals surface area contributed by atoms with E-state index in [0.717, 1.165) is 21.8 Å². The van der Waals surface area contributed by atoms with Crippen LogP contribution in [0.25, 0.3) is 10.6 Å². The first-order valence-corrected chi connectivity index (χ1v) is 8.44. The van der Waals surface area contributed by atoms with Crippen molar-refractivity contribution in [1.29, 1.82) is 0 Å². The normalized spacial score (nSPS) is 11.9. The molecule has 1 heterocycles. The van der Waals surface area contributed by atoms with Gasteiger partial charge in [-0.3, -0.25) is 4.79 Å². The number of aromatic nitrogens is 1. The van der Waals surface area contributed by atoms with Crippen LogP contribution >= 0.6 is 11.3 Å². The van der Waals surface area contributed by atoms with E-state index in [9.17, 15) is 4.79 Å². The Hall–Kier alpha value is -2.46. The van der Waals surface area contributed by atoms with E-state index in [1.807, 2.05) is 73.0 Å². The van der Waals surface area contributed by atoms with Crippen molar-refractivity contribution in [3.05, 3.63) is 77.3 Å². The molecule has 1 N–H and O–H groups in total. The molecule has 0 aliphatic carbocycles.